The van der Waals surface area contributed by atoms with Gasteiger partial charge in [0.25, 0.3) is 0 Å². The molecule has 1 aliphatic carbocycles. The number of carboxylic acid groups (broad SMARTS) is 1. The van der Waals surface area contributed by atoms with Crippen LogP contribution in [0.1, 0.15) is 91.9 Å². The molecule has 2 aliphatic heterocycles. The van der Waals surface area contributed by atoms with Crippen LogP contribution in [0.2, 0.25) is 0 Å². The summed E-state index contributed by atoms with van der Waals surface area (Å²) >= 11 is 0. The molecule has 0 radical (unpaired) electrons. The predicted molar refractivity (Wildman–Crippen MR) is 164 cm³/mol. The average Bonchev–Trinajstić information content (AvgIpc) is 3.39. The van der Waals surface area contributed by atoms with E-state index in [1.54, 1.807) is 0 Å². The molecule has 12 nitrogen and oxygen atoms in total. The second-order valence-electron chi connectivity index (χ2n) is 13.2. The minimum atomic E-state index is -3.37. The lowest BCUT2D eigenvalue weighted by atomic mass is 9.86. The number of carbonyl (C=O) groups is 4. The van der Waals surface area contributed by atoms with Gasteiger partial charge in [0, 0.05) is 31.6 Å². The number of nitrogens with one attached hydrogen (secondary N) is 3. The second-order valence-corrected chi connectivity index (χ2v) is 15.3. The van der Waals surface area contributed by atoms with E-state index in [2.05, 4.69) is 22.9 Å². The number of amides is 4. The van der Waals surface area contributed by atoms with Crippen LogP contribution in [0.25, 0.3) is 0 Å². The van der Waals surface area contributed by atoms with Crippen LogP contribution in [-0.2, 0) is 24.4 Å². The smallest absolute Gasteiger partial charge is 0.330 e. The Morgan fingerprint density at radius 2 is 1.81 bits per heavy atom. The lowest BCUT2D eigenvalue weighted by Crippen LogP contribution is -2.57. The third kappa shape index (κ3) is 9.41. The molecule has 0 aromatic carbocycles. The Labute approximate surface area is 256 Å². The monoisotopic (exact) mass is 625 g/mol. The van der Waals surface area contributed by atoms with Crippen molar-refractivity contribution in [2.24, 2.45) is 11.3 Å². The van der Waals surface area contributed by atoms with Crippen LogP contribution in [0.5, 0.6) is 0 Å². The molecule has 2 heterocycles. The molecule has 3 fully saturated rings. The van der Waals surface area contributed by atoms with Crippen LogP contribution in [0, 0.1) is 11.3 Å². The molecular formula is C30H51N5O7S. The maximum Gasteiger partial charge on any atom is 0.330 e. The molecule has 2 saturated heterocycles. The molecule has 0 bridgehead atoms. The zero-order chi connectivity index (χ0) is 31.8. The molecule has 4 atom stereocenters. The number of rotatable bonds is 14. The number of hydrogen-bond donors (Lipinski definition) is 4. The number of unbranched alkanes of at least 4 members (excludes halogenated alkanes) is 4. The Bertz CT molecular complexity index is 1150. The van der Waals surface area contributed by atoms with E-state index in [-0.39, 0.29) is 24.8 Å². The van der Waals surface area contributed by atoms with Gasteiger partial charge in [-0.05, 0) is 50.4 Å². The first-order valence-corrected chi connectivity index (χ1v) is 17.4. The second kappa shape index (κ2) is 14.9. The SMILES string of the molecule is CCCCCC/C=C\C1C[C@]1(NC(=O)[C@@H]1CCCN1C(=O)CNC(=O)NC(CN1CCCCS1(=O)=O)C(C)(C)C)C(=O)O. The van der Waals surface area contributed by atoms with Crippen LogP contribution in [-0.4, -0.2) is 96.1 Å². The largest absolute Gasteiger partial charge is 0.479 e. The van der Waals surface area contributed by atoms with Gasteiger partial charge in [0.05, 0.1) is 12.3 Å². The quantitative estimate of drug-likeness (QED) is 0.170. The number of carbonyl (C=O) groups excluding carboxylic acids is 3. The predicted octanol–water partition coefficient (Wildman–Crippen LogP) is 2.60. The third-order valence-electron chi connectivity index (χ3n) is 8.80. The lowest BCUT2D eigenvalue weighted by Gasteiger charge is -2.36. The van der Waals surface area contributed by atoms with E-state index in [1.807, 2.05) is 32.9 Å². The third-order valence-corrected chi connectivity index (χ3v) is 10.7. The minimum absolute atomic E-state index is 0.0964. The summed E-state index contributed by atoms with van der Waals surface area (Å²) < 4.78 is 26.4. The molecule has 43 heavy (non-hydrogen) atoms. The number of likely N-dealkylation sites (tertiary alicyclic amines) is 1. The van der Waals surface area contributed by atoms with Crippen molar-refractivity contribution in [1.82, 2.24) is 25.2 Å². The molecular weight excluding hydrogens is 574 g/mol. The van der Waals surface area contributed by atoms with Gasteiger partial charge < -0.3 is 26.0 Å². The summed E-state index contributed by atoms with van der Waals surface area (Å²) in [6, 6.07) is -1.90. The van der Waals surface area contributed by atoms with Crippen LogP contribution >= 0.6 is 0 Å². The Morgan fingerprint density at radius 3 is 2.47 bits per heavy atom. The maximum atomic E-state index is 13.2. The standard InChI is InChI=1S/C30H51N5O7S/c1-5-6-7-8-9-10-14-22-19-30(22,27(38)39)33-26(37)23-15-13-17-35(23)25(36)20-31-28(40)32-24(29(2,3)4)21-34-16-11-12-18-43(34,41)42/h10,14,22-24H,5-9,11-13,15-21H2,1-4H3,(H,33,37)(H,38,39)(H2,31,32,40)/b14-10-/t22?,23-,24?,30+/m0/s1. The van der Waals surface area contributed by atoms with Crippen molar-refractivity contribution in [2.45, 2.75) is 110 Å². The molecule has 3 aliphatic rings. The van der Waals surface area contributed by atoms with Crippen molar-refractivity contribution in [3.05, 3.63) is 12.2 Å². The van der Waals surface area contributed by atoms with Crippen molar-refractivity contribution in [2.75, 3.05) is 31.9 Å². The molecule has 4 amide bonds. The average molecular weight is 626 g/mol. The van der Waals surface area contributed by atoms with Crippen molar-refractivity contribution in [3.63, 3.8) is 0 Å². The van der Waals surface area contributed by atoms with E-state index in [0.717, 1.165) is 32.1 Å². The van der Waals surface area contributed by atoms with E-state index in [0.29, 0.717) is 38.8 Å². The Morgan fingerprint density at radius 1 is 1.07 bits per heavy atom. The van der Waals surface area contributed by atoms with Gasteiger partial charge in [0.2, 0.25) is 21.8 Å². The molecule has 3 rings (SSSR count). The van der Waals surface area contributed by atoms with Gasteiger partial charge in [-0.2, -0.15) is 4.31 Å². The topological polar surface area (TPSA) is 165 Å². The number of aliphatic carboxylic acids is 1. The summed E-state index contributed by atoms with van der Waals surface area (Å²) in [5.74, 6) is -2.21. The zero-order valence-corrected chi connectivity index (χ0v) is 27.0. The maximum absolute atomic E-state index is 13.2. The lowest BCUT2D eigenvalue weighted by molar-refractivity contribution is -0.145. The highest BCUT2D eigenvalue weighted by Gasteiger charge is 2.61. The molecule has 0 aromatic heterocycles. The molecule has 0 aromatic rings. The number of nitrogens with zero attached hydrogens (tertiary/aromatic N) is 2. The normalized spacial score (nSPS) is 26.2. The Balaban J connectivity index is 1.52. The number of urea groups is 1. The molecule has 1 saturated carbocycles. The molecule has 13 heteroatoms. The van der Waals surface area contributed by atoms with Crippen molar-refractivity contribution >= 4 is 33.8 Å². The fourth-order valence-corrected chi connectivity index (χ4v) is 7.42. The Hall–Kier alpha value is -2.67. The summed E-state index contributed by atoms with van der Waals surface area (Å²) in [7, 11) is -3.37. The van der Waals surface area contributed by atoms with Gasteiger partial charge in [-0.1, -0.05) is 59.1 Å². The molecule has 0 spiro atoms. The van der Waals surface area contributed by atoms with Crippen molar-refractivity contribution < 1.29 is 32.7 Å². The summed E-state index contributed by atoms with van der Waals surface area (Å²) in [6.07, 6.45) is 12.0. The zero-order valence-electron chi connectivity index (χ0n) is 26.2. The highest BCUT2D eigenvalue weighted by atomic mass is 32.2. The Kier molecular flexibility index (Phi) is 12.0. The highest BCUT2D eigenvalue weighted by molar-refractivity contribution is 7.89. The first kappa shape index (κ1) is 34.8. The number of hydrogen-bond acceptors (Lipinski definition) is 6. The van der Waals surface area contributed by atoms with Gasteiger partial charge in [0.1, 0.15) is 11.6 Å². The summed E-state index contributed by atoms with van der Waals surface area (Å²) in [5.41, 5.74) is -1.80. The number of sulfonamides is 1. The van der Waals surface area contributed by atoms with E-state index < -0.39 is 56.9 Å². The molecule has 2 unspecified atom stereocenters. The summed E-state index contributed by atoms with van der Waals surface area (Å²) in [6.45, 7) is 8.41. The van der Waals surface area contributed by atoms with E-state index >= 15 is 0 Å². The van der Waals surface area contributed by atoms with Gasteiger partial charge in [-0.15, -0.1) is 0 Å². The van der Waals surface area contributed by atoms with Gasteiger partial charge in [-0.3, -0.25) is 9.59 Å². The van der Waals surface area contributed by atoms with Crippen molar-refractivity contribution in [3.8, 4) is 0 Å². The first-order chi connectivity index (χ1) is 20.2. The van der Waals surface area contributed by atoms with Crippen LogP contribution < -0.4 is 16.0 Å². The van der Waals surface area contributed by atoms with Crippen LogP contribution in [0.15, 0.2) is 12.2 Å². The fraction of sp³-hybridized carbons (Fsp3) is 0.800. The highest BCUT2D eigenvalue weighted by Crippen LogP contribution is 2.45. The van der Waals surface area contributed by atoms with E-state index in [1.165, 1.54) is 15.6 Å². The van der Waals surface area contributed by atoms with E-state index in [9.17, 15) is 32.7 Å². The van der Waals surface area contributed by atoms with Gasteiger partial charge in [-0.25, -0.2) is 18.0 Å². The van der Waals surface area contributed by atoms with Crippen LogP contribution in [0.4, 0.5) is 4.79 Å². The van der Waals surface area contributed by atoms with Crippen molar-refractivity contribution in [1.29, 1.82) is 0 Å². The fourth-order valence-electron chi connectivity index (χ4n) is 5.81. The number of carboxylic acids is 1. The van der Waals surface area contributed by atoms with Gasteiger partial charge >= 0.3 is 12.0 Å². The van der Waals surface area contributed by atoms with E-state index in [4.69, 9.17) is 0 Å². The summed E-state index contributed by atoms with van der Waals surface area (Å²) in [4.78, 5) is 52.6. The number of allylic oxidation sites excluding steroid dienone is 1. The van der Waals surface area contributed by atoms with Gasteiger partial charge in [0.15, 0.2) is 0 Å². The molecule has 4 N–H and O–H groups in total. The minimum Gasteiger partial charge on any atom is -0.479 e. The first-order valence-electron chi connectivity index (χ1n) is 15.7. The summed E-state index contributed by atoms with van der Waals surface area (Å²) in [5, 5.41) is 18.0. The molecule has 244 valence electrons. The van der Waals surface area contributed by atoms with Crippen LogP contribution in [0.3, 0.4) is 0 Å².